The van der Waals surface area contributed by atoms with Gasteiger partial charge in [-0.15, -0.1) is 0 Å². The molecule has 1 aromatic heterocycles. The van der Waals surface area contributed by atoms with E-state index in [1.54, 1.807) is 29.4 Å². The zero-order chi connectivity index (χ0) is 25.2. The Kier molecular flexibility index (Phi) is 8.84. The van der Waals surface area contributed by atoms with Crippen LogP contribution in [0.3, 0.4) is 0 Å². The number of pyridine rings is 1. The minimum absolute atomic E-state index is 0.117. The van der Waals surface area contributed by atoms with Gasteiger partial charge in [-0.1, -0.05) is 90.5 Å². The summed E-state index contributed by atoms with van der Waals surface area (Å²) in [6.07, 6.45) is 4.02. The lowest BCUT2D eigenvalue weighted by Crippen LogP contribution is -2.50. The molecular weight excluding hydrogens is 470 g/mol. The molecule has 36 heavy (non-hydrogen) atoms. The molecule has 0 aliphatic heterocycles. The van der Waals surface area contributed by atoms with Crippen molar-refractivity contribution >= 4 is 23.4 Å². The number of carbonyl (C=O) groups is 2. The first-order valence-corrected chi connectivity index (χ1v) is 12.2. The van der Waals surface area contributed by atoms with E-state index >= 15 is 0 Å². The smallest absolute Gasteiger partial charge is 0.243 e. The third kappa shape index (κ3) is 7.27. The van der Waals surface area contributed by atoms with Crippen LogP contribution in [0.15, 0.2) is 109 Å². The number of hydrogen-bond donors (Lipinski definition) is 1. The van der Waals surface area contributed by atoms with Crippen LogP contribution in [0, 0.1) is 0 Å². The molecule has 3 aromatic carbocycles. The molecular formula is C30H28ClN3O2. The maximum Gasteiger partial charge on any atom is 0.243 e. The van der Waals surface area contributed by atoms with E-state index in [9.17, 15) is 9.59 Å². The normalized spacial score (nSPS) is 11.5. The number of amides is 2. The second kappa shape index (κ2) is 12.7. The Labute approximate surface area is 216 Å². The lowest BCUT2D eigenvalue weighted by Gasteiger charge is -2.31. The Balaban J connectivity index is 1.63. The van der Waals surface area contributed by atoms with Gasteiger partial charge >= 0.3 is 0 Å². The standard InChI is InChI=1S/C30H28ClN3O2/c31-27-15-13-25(14-16-27)22-34(29(35)19-24-10-5-2-6-11-24)28(18-23-8-3-1-4-9-23)30(36)33-21-26-12-7-17-32-20-26/h1-17,20,28H,18-19,21-22H2,(H,33,36). The van der Waals surface area contributed by atoms with Crippen LogP contribution < -0.4 is 5.32 Å². The van der Waals surface area contributed by atoms with Gasteiger partial charge in [0.2, 0.25) is 11.8 Å². The summed E-state index contributed by atoms with van der Waals surface area (Å²) in [6, 6.07) is 29.8. The van der Waals surface area contributed by atoms with E-state index in [4.69, 9.17) is 11.6 Å². The molecule has 0 saturated heterocycles. The Hall–Kier alpha value is -3.96. The lowest BCUT2D eigenvalue weighted by atomic mass is 10.0. The number of benzene rings is 3. The summed E-state index contributed by atoms with van der Waals surface area (Å²) in [5.74, 6) is -0.327. The fourth-order valence-electron chi connectivity index (χ4n) is 4.02. The molecule has 1 atom stereocenters. The van der Waals surface area contributed by atoms with E-state index in [0.717, 1.165) is 22.3 Å². The van der Waals surface area contributed by atoms with Crippen LogP contribution >= 0.6 is 11.6 Å². The molecule has 5 nitrogen and oxygen atoms in total. The Morgan fingerprint density at radius 3 is 2.06 bits per heavy atom. The number of halogens is 1. The third-order valence-electron chi connectivity index (χ3n) is 5.92. The van der Waals surface area contributed by atoms with Gasteiger partial charge in [-0.2, -0.15) is 0 Å². The average Bonchev–Trinajstić information content (AvgIpc) is 2.92. The van der Waals surface area contributed by atoms with Gasteiger partial charge in [0.1, 0.15) is 6.04 Å². The number of hydrogen-bond acceptors (Lipinski definition) is 3. The predicted octanol–water partition coefficient (Wildman–Crippen LogP) is 5.23. The van der Waals surface area contributed by atoms with Crippen LogP contribution in [-0.2, 0) is 35.5 Å². The number of aromatic nitrogens is 1. The molecule has 4 aromatic rings. The molecule has 1 unspecified atom stereocenters. The molecule has 0 spiro atoms. The van der Waals surface area contributed by atoms with Gasteiger partial charge < -0.3 is 10.2 Å². The van der Waals surface area contributed by atoms with Gasteiger partial charge in [0.15, 0.2) is 0 Å². The van der Waals surface area contributed by atoms with E-state index in [1.807, 2.05) is 84.9 Å². The molecule has 0 saturated carbocycles. The van der Waals surface area contributed by atoms with Gasteiger partial charge in [-0.3, -0.25) is 14.6 Å². The maximum absolute atomic E-state index is 13.7. The largest absolute Gasteiger partial charge is 0.350 e. The van der Waals surface area contributed by atoms with Crippen molar-refractivity contribution in [3.63, 3.8) is 0 Å². The van der Waals surface area contributed by atoms with E-state index in [0.29, 0.717) is 24.5 Å². The van der Waals surface area contributed by atoms with Crippen LogP contribution in [0.2, 0.25) is 5.02 Å². The molecule has 0 bridgehead atoms. The molecule has 2 amide bonds. The molecule has 0 aliphatic rings. The molecule has 0 fully saturated rings. The minimum Gasteiger partial charge on any atom is -0.350 e. The molecule has 4 rings (SSSR count). The number of rotatable bonds is 10. The summed E-state index contributed by atoms with van der Waals surface area (Å²) in [4.78, 5) is 33.1. The highest BCUT2D eigenvalue weighted by Gasteiger charge is 2.30. The highest BCUT2D eigenvalue weighted by atomic mass is 35.5. The fourth-order valence-corrected chi connectivity index (χ4v) is 4.15. The van der Waals surface area contributed by atoms with Crippen molar-refractivity contribution in [2.24, 2.45) is 0 Å². The maximum atomic E-state index is 13.7. The first-order chi connectivity index (χ1) is 17.6. The zero-order valence-corrected chi connectivity index (χ0v) is 20.6. The van der Waals surface area contributed by atoms with Crippen LogP contribution in [0.1, 0.15) is 22.3 Å². The highest BCUT2D eigenvalue weighted by molar-refractivity contribution is 6.30. The van der Waals surface area contributed by atoms with Crippen molar-refractivity contribution in [1.82, 2.24) is 15.2 Å². The van der Waals surface area contributed by atoms with Gasteiger partial charge in [0.05, 0.1) is 6.42 Å². The SMILES string of the molecule is O=C(NCc1cccnc1)C(Cc1ccccc1)N(Cc1ccc(Cl)cc1)C(=O)Cc1ccccc1. The summed E-state index contributed by atoms with van der Waals surface area (Å²) in [7, 11) is 0. The van der Waals surface area contributed by atoms with E-state index in [2.05, 4.69) is 10.3 Å². The van der Waals surface area contributed by atoms with Crippen molar-refractivity contribution < 1.29 is 9.59 Å². The van der Waals surface area contributed by atoms with Crippen molar-refractivity contribution in [2.45, 2.75) is 32.0 Å². The molecule has 6 heteroatoms. The Morgan fingerprint density at radius 1 is 0.778 bits per heavy atom. The summed E-state index contributed by atoms with van der Waals surface area (Å²) in [5.41, 5.74) is 3.67. The predicted molar refractivity (Wildman–Crippen MR) is 142 cm³/mol. The van der Waals surface area contributed by atoms with Crippen molar-refractivity contribution in [3.05, 3.63) is 137 Å². The minimum atomic E-state index is -0.698. The number of nitrogens with zero attached hydrogens (tertiary/aromatic N) is 2. The van der Waals surface area contributed by atoms with E-state index in [-0.39, 0.29) is 18.2 Å². The average molecular weight is 498 g/mol. The first-order valence-electron chi connectivity index (χ1n) is 11.9. The summed E-state index contributed by atoms with van der Waals surface area (Å²) >= 11 is 6.09. The van der Waals surface area contributed by atoms with Crippen LogP contribution in [-0.4, -0.2) is 27.7 Å². The quantitative estimate of drug-likeness (QED) is 0.326. The van der Waals surface area contributed by atoms with E-state index in [1.165, 1.54) is 0 Å². The summed E-state index contributed by atoms with van der Waals surface area (Å²) in [5, 5.41) is 3.64. The third-order valence-corrected chi connectivity index (χ3v) is 6.18. The zero-order valence-electron chi connectivity index (χ0n) is 19.9. The van der Waals surface area contributed by atoms with E-state index < -0.39 is 6.04 Å². The molecule has 1 N–H and O–H groups in total. The topological polar surface area (TPSA) is 62.3 Å². The molecule has 0 radical (unpaired) electrons. The van der Waals surface area contributed by atoms with Crippen molar-refractivity contribution in [2.75, 3.05) is 0 Å². The molecule has 182 valence electrons. The second-order valence-electron chi connectivity index (χ2n) is 8.60. The van der Waals surface area contributed by atoms with Crippen LogP contribution in [0.4, 0.5) is 0 Å². The van der Waals surface area contributed by atoms with Crippen molar-refractivity contribution in [1.29, 1.82) is 0 Å². The van der Waals surface area contributed by atoms with Gasteiger partial charge in [0.25, 0.3) is 0 Å². The summed E-state index contributed by atoms with van der Waals surface area (Å²) in [6.45, 7) is 0.625. The van der Waals surface area contributed by atoms with Crippen molar-refractivity contribution in [3.8, 4) is 0 Å². The molecule has 0 aliphatic carbocycles. The van der Waals surface area contributed by atoms with Crippen LogP contribution in [0.5, 0.6) is 0 Å². The Bertz CT molecular complexity index is 1250. The summed E-state index contributed by atoms with van der Waals surface area (Å²) < 4.78 is 0. The second-order valence-corrected chi connectivity index (χ2v) is 9.03. The molecule has 1 heterocycles. The Morgan fingerprint density at radius 2 is 1.42 bits per heavy atom. The fraction of sp³-hybridized carbons (Fsp3) is 0.167. The van der Waals surface area contributed by atoms with Gasteiger partial charge in [-0.05, 0) is 40.5 Å². The number of nitrogens with one attached hydrogen (secondary N) is 1. The number of carbonyl (C=O) groups excluding carboxylic acids is 2. The van der Waals surface area contributed by atoms with Gasteiger partial charge in [0, 0.05) is 36.9 Å². The first kappa shape index (κ1) is 25.1. The lowest BCUT2D eigenvalue weighted by molar-refractivity contribution is -0.140. The van der Waals surface area contributed by atoms with Crippen LogP contribution in [0.25, 0.3) is 0 Å². The monoisotopic (exact) mass is 497 g/mol. The highest BCUT2D eigenvalue weighted by Crippen LogP contribution is 2.18. The van der Waals surface area contributed by atoms with Gasteiger partial charge in [-0.25, -0.2) is 0 Å².